The van der Waals surface area contributed by atoms with Crippen LogP contribution in [0.3, 0.4) is 0 Å². The van der Waals surface area contributed by atoms with Gasteiger partial charge in [0.15, 0.2) is 6.04 Å². The zero-order valence-corrected chi connectivity index (χ0v) is 9.04. The van der Waals surface area contributed by atoms with E-state index in [1.165, 1.54) is 13.3 Å². The number of aliphatic hydroxyl groups excluding tert-OH is 1. The first-order valence-electron chi connectivity index (χ1n) is 4.80. The fourth-order valence-corrected chi connectivity index (χ4v) is 1.06. The van der Waals surface area contributed by atoms with Gasteiger partial charge in [-0.15, -0.1) is 0 Å². The second-order valence-corrected chi connectivity index (χ2v) is 3.32. The maximum atomic E-state index is 11.3. The van der Waals surface area contributed by atoms with Crippen LogP contribution in [0.5, 0.6) is 0 Å². The summed E-state index contributed by atoms with van der Waals surface area (Å²) in [5.41, 5.74) is 0. The van der Waals surface area contributed by atoms with Crippen molar-refractivity contribution < 1.29 is 19.8 Å². The number of aliphatic hydroxyl groups is 1. The van der Waals surface area contributed by atoms with Gasteiger partial charge in [0.2, 0.25) is 0 Å². The lowest BCUT2D eigenvalue weighted by Crippen LogP contribution is -2.51. The minimum absolute atomic E-state index is 0.0813. The number of nitrogens with one attached hydrogen (secondary N) is 3. The molecule has 0 aliphatic carbocycles. The summed E-state index contributed by atoms with van der Waals surface area (Å²) in [5.74, 6) is -0.876. The van der Waals surface area contributed by atoms with Gasteiger partial charge in [-0.3, -0.25) is 5.10 Å². The molecular weight excluding hydrogens is 230 g/mol. The number of carbonyl (C=O) groups excluding carboxylic acids is 1. The van der Waals surface area contributed by atoms with Gasteiger partial charge >= 0.3 is 12.0 Å². The number of rotatable bonds is 5. The molecule has 0 spiro atoms. The number of carbonyl (C=O) groups is 2. The molecule has 2 atom stereocenters. The Morgan fingerprint density at radius 2 is 2.29 bits per heavy atom. The van der Waals surface area contributed by atoms with E-state index < -0.39 is 24.1 Å². The predicted octanol–water partition coefficient (Wildman–Crippen LogP) is -1.56. The molecule has 2 amide bonds. The van der Waals surface area contributed by atoms with Crippen LogP contribution < -0.4 is 10.6 Å². The molecule has 0 aromatic carbocycles. The molecule has 0 bridgehead atoms. The highest BCUT2D eigenvalue weighted by molar-refractivity contribution is 5.82. The third-order valence-corrected chi connectivity index (χ3v) is 1.92. The number of aromatic amines is 1. The van der Waals surface area contributed by atoms with E-state index in [9.17, 15) is 9.59 Å². The molecule has 9 heteroatoms. The Hall–Kier alpha value is -2.16. The second kappa shape index (κ2) is 5.80. The molecule has 9 nitrogen and oxygen atoms in total. The van der Waals surface area contributed by atoms with Crippen molar-refractivity contribution in [3.05, 3.63) is 12.2 Å². The fraction of sp³-hybridized carbons (Fsp3) is 0.500. The molecule has 17 heavy (non-hydrogen) atoms. The van der Waals surface area contributed by atoms with Crippen molar-refractivity contribution in [1.82, 2.24) is 25.8 Å². The quantitative estimate of drug-likeness (QED) is 0.423. The van der Waals surface area contributed by atoms with E-state index in [2.05, 4.69) is 25.8 Å². The normalized spacial score (nSPS) is 13.8. The minimum atomic E-state index is -1.36. The Bertz CT molecular complexity index is 377. The highest BCUT2D eigenvalue weighted by Gasteiger charge is 2.24. The standard InChI is InChI=1S/C8H13N5O4/c1-4(14)6(7(15)16)12-8(17)9-2-5-10-3-11-13-5/h3-4,6,14H,2H2,1H3,(H,15,16)(H2,9,12,17)(H,10,11,13)/t4-,6+/m1/s1. The van der Waals surface area contributed by atoms with Crippen LogP contribution in [-0.2, 0) is 11.3 Å². The van der Waals surface area contributed by atoms with Crippen molar-refractivity contribution in [2.24, 2.45) is 0 Å². The summed E-state index contributed by atoms with van der Waals surface area (Å²) in [6, 6.07) is -2.07. The van der Waals surface area contributed by atoms with Crippen LogP contribution in [-0.4, -0.2) is 49.5 Å². The fourth-order valence-electron chi connectivity index (χ4n) is 1.06. The Balaban J connectivity index is 2.40. The molecular formula is C8H13N5O4. The molecule has 1 rings (SSSR count). The van der Waals surface area contributed by atoms with Gasteiger partial charge in [-0.2, -0.15) is 5.10 Å². The van der Waals surface area contributed by atoms with Crippen molar-refractivity contribution in [3.63, 3.8) is 0 Å². The topological polar surface area (TPSA) is 140 Å². The van der Waals surface area contributed by atoms with Gasteiger partial charge in [0.1, 0.15) is 12.2 Å². The number of nitrogens with zero attached hydrogens (tertiary/aromatic N) is 2. The first kappa shape index (κ1) is 12.9. The summed E-state index contributed by atoms with van der Waals surface area (Å²) < 4.78 is 0. The lowest BCUT2D eigenvalue weighted by molar-refractivity contribution is -0.141. The average Bonchev–Trinajstić information content (AvgIpc) is 2.74. The largest absolute Gasteiger partial charge is 0.480 e. The zero-order chi connectivity index (χ0) is 12.8. The SMILES string of the molecule is C[C@@H](O)[C@H](NC(=O)NCc1ncn[nH]1)C(=O)O. The third-order valence-electron chi connectivity index (χ3n) is 1.92. The van der Waals surface area contributed by atoms with Crippen LogP contribution in [0.15, 0.2) is 6.33 Å². The molecule has 0 fully saturated rings. The van der Waals surface area contributed by atoms with Gasteiger partial charge in [-0.25, -0.2) is 14.6 Å². The number of carboxylic acid groups (broad SMARTS) is 1. The molecule has 0 unspecified atom stereocenters. The highest BCUT2D eigenvalue weighted by Crippen LogP contribution is 1.93. The Morgan fingerprint density at radius 3 is 2.76 bits per heavy atom. The van der Waals surface area contributed by atoms with Crippen LogP contribution >= 0.6 is 0 Å². The average molecular weight is 243 g/mol. The van der Waals surface area contributed by atoms with E-state index in [-0.39, 0.29) is 6.54 Å². The van der Waals surface area contributed by atoms with Gasteiger partial charge in [0.05, 0.1) is 12.6 Å². The van der Waals surface area contributed by atoms with Crippen molar-refractivity contribution in [3.8, 4) is 0 Å². The molecule has 5 N–H and O–H groups in total. The van der Waals surface area contributed by atoms with E-state index in [4.69, 9.17) is 10.2 Å². The Labute approximate surface area is 96.2 Å². The van der Waals surface area contributed by atoms with E-state index in [1.807, 2.05) is 0 Å². The summed E-state index contributed by atoms with van der Waals surface area (Å²) >= 11 is 0. The number of aromatic nitrogens is 3. The smallest absolute Gasteiger partial charge is 0.328 e. The van der Waals surface area contributed by atoms with Crippen LogP contribution in [0.1, 0.15) is 12.7 Å². The summed E-state index contributed by atoms with van der Waals surface area (Å²) in [6.45, 7) is 1.35. The molecule has 0 aliphatic heterocycles. The van der Waals surface area contributed by atoms with Gasteiger partial charge in [-0.1, -0.05) is 0 Å². The molecule has 1 heterocycles. The molecule has 0 aliphatic rings. The lowest BCUT2D eigenvalue weighted by Gasteiger charge is -2.17. The summed E-state index contributed by atoms with van der Waals surface area (Å²) in [5, 5.41) is 28.4. The van der Waals surface area contributed by atoms with Crippen molar-refractivity contribution in [2.45, 2.75) is 25.6 Å². The van der Waals surface area contributed by atoms with Crippen LogP contribution in [0.2, 0.25) is 0 Å². The van der Waals surface area contributed by atoms with Gasteiger partial charge < -0.3 is 20.8 Å². The van der Waals surface area contributed by atoms with Crippen molar-refractivity contribution in [1.29, 1.82) is 0 Å². The molecule has 1 aromatic rings. The lowest BCUT2D eigenvalue weighted by atomic mass is 10.2. The van der Waals surface area contributed by atoms with E-state index >= 15 is 0 Å². The molecule has 0 radical (unpaired) electrons. The third kappa shape index (κ3) is 4.07. The van der Waals surface area contributed by atoms with Gasteiger partial charge in [0, 0.05) is 0 Å². The zero-order valence-electron chi connectivity index (χ0n) is 9.04. The summed E-state index contributed by atoms with van der Waals surface area (Å²) in [4.78, 5) is 25.7. The second-order valence-electron chi connectivity index (χ2n) is 3.32. The first-order valence-corrected chi connectivity index (χ1v) is 4.80. The monoisotopic (exact) mass is 243 g/mol. The number of hydrogen-bond donors (Lipinski definition) is 5. The van der Waals surface area contributed by atoms with Crippen molar-refractivity contribution in [2.75, 3.05) is 0 Å². The molecule has 1 aromatic heterocycles. The van der Waals surface area contributed by atoms with Crippen LogP contribution in [0, 0.1) is 0 Å². The number of urea groups is 1. The number of H-pyrrole nitrogens is 1. The Morgan fingerprint density at radius 1 is 1.59 bits per heavy atom. The number of hydrogen-bond acceptors (Lipinski definition) is 5. The summed E-state index contributed by atoms with van der Waals surface area (Å²) in [7, 11) is 0. The Kier molecular flexibility index (Phi) is 4.40. The van der Waals surface area contributed by atoms with Gasteiger partial charge in [-0.05, 0) is 6.92 Å². The minimum Gasteiger partial charge on any atom is -0.480 e. The first-order chi connectivity index (χ1) is 8.00. The molecule has 0 saturated heterocycles. The molecule has 0 saturated carbocycles. The highest BCUT2D eigenvalue weighted by atomic mass is 16.4. The van der Waals surface area contributed by atoms with Crippen LogP contribution in [0.4, 0.5) is 4.79 Å². The number of carboxylic acids is 1. The van der Waals surface area contributed by atoms with Gasteiger partial charge in [0.25, 0.3) is 0 Å². The number of aliphatic carboxylic acids is 1. The van der Waals surface area contributed by atoms with E-state index in [0.717, 1.165) is 0 Å². The maximum absolute atomic E-state index is 11.3. The predicted molar refractivity (Wildman–Crippen MR) is 54.9 cm³/mol. The molecule has 94 valence electrons. The summed E-state index contributed by atoms with van der Waals surface area (Å²) in [6.07, 6.45) is 0.0913. The van der Waals surface area contributed by atoms with Crippen LogP contribution in [0.25, 0.3) is 0 Å². The van der Waals surface area contributed by atoms with Crippen molar-refractivity contribution >= 4 is 12.0 Å². The number of amides is 2. The van der Waals surface area contributed by atoms with E-state index in [1.54, 1.807) is 0 Å². The van der Waals surface area contributed by atoms with E-state index in [0.29, 0.717) is 5.82 Å². The maximum Gasteiger partial charge on any atom is 0.328 e.